The number of methoxy groups -OCH3 is 1. The van der Waals surface area contributed by atoms with E-state index in [4.69, 9.17) is 9.47 Å². The molecule has 16 heavy (non-hydrogen) atoms. The molecule has 1 N–H and O–H groups in total. The topological polar surface area (TPSA) is 33.7 Å². The van der Waals surface area contributed by atoms with E-state index in [1.54, 1.807) is 7.11 Å². The zero-order chi connectivity index (χ0) is 12.0. The van der Waals surface area contributed by atoms with Crippen LogP contribution in [-0.4, -0.2) is 63.5 Å². The summed E-state index contributed by atoms with van der Waals surface area (Å²) in [5.41, 5.74) is 0. The minimum absolute atomic E-state index is 0.350. The monoisotopic (exact) mass is 230 g/mol. The van der Waals surface area contributed by atoms with Gasteiger partial charge in [0.25, 0.3) is 0 Å². The largest absolute Gasteiger partial charge is 0.383 e. The van der Waals surface area contributed by atoms with Crippen molar-refractivity contribution in [3.63, 3.8) is 0 Å². The standard InChI is InChI=1S/C12H26N2O2/c1-5-12-9-16-10(2)6-14(12)7-11(13-3)8-15-4/h10-13H,5-9H2,1-4H3. The van der Waals surface area contributed by atoms with E-state index >= 15 is 0 Å². The van der Waals surface area contributed by atoms with Gasteiger partial charge in [0, 0.05) is 32.3 Å². The second kappa shape index (κ2) is 7.22. The van der Waals surface area contributed by atoms with Crippen LogP contribution in [0.4, 0.5) is 0 Å². The van der Waals surface area contributed by atoms with Gasteiger partial charge >= 0.3 is 0 Å². The molecule has 3 atom stereocenters. The van der Waals surface area contributed by atoms with Gasteiger partial charge in [-0.25, -0.2) is 0 Å². The lowest BCUT2D eigenvalue weighted by atomic mass is 10.1. The van der Waals surface area contributed by atoms with Crippen molar-refractivity contribution in [2.75, 3.05) is 40.5 Å². The quantitative estimate of drug-likeness (QED) is 0.729. The number of nitrogens with zero attached hydrogens (tertiary/aromatic N) is 1. The van der Waals surface area contributed by atoms with Crippen LogP contribution in [0.2, 0.25) is 0 Å². The summed E-state index contributed by atoms with van der Waals surface area (Å²) in [6.45, 7) is 8.06. The van der Waals surface area contributed by atoms with E-state index in [0.717, 1.165) is 32.7 Å². The second-order valence-corrected chi connectivity index (χ2v) is 4.60. The van der Waals surface area contributed by atoms with Crippen LogP contribution in [0.15, 0.2) is 0 Å². The van der Waals surface area contributed by atoms with Crippen molar-refractivity contribution in [3.05, 3.63) is 0 Å². The molecule has 0 radical (unpaired) electrons. The predicted molar refractivity (Wildman–Crippen MR) is 65.8 cm³/mol. The molecule has 0 aromatic rings. The molecule has 4 nitrogen and oxygen atoms in total. The molecule has 1 heterocycles. The van der Waals surface area contributed by atoms with E-state index < -0.39 is 0 Å². The number of likely N-dealkylation sites (N-methyl/N-ethyl adjacent to an activating group) is 1. The number of nitrogens with one attached hydrogen (secondary N) is 1. The van der Waals surface area contributed by atoms with Crippen molar-refractivity contribution >= 4 is 0 Å². The van der Waals surface area contributed by atoms with Crippen LogP contribution < -0.4 is 5.32 Å². The molecule has 0 spiro atoms. The summed E-state index contributed by atoms with van der Waals surface area (Å²) >= 11 is 0. The first kappa shape index (κ1) is 13.9. The fourth-order valence-electron chi connectivity index (χ4n) is 2.22. The third kappa shape index (κ3) is 4.01. The Balaban J connectivity index is 2.46. The highest BCUT2D eigenvalue weighted by Crippen LogP contribution is 2.14. The lowest BCUT2D eigenvalue weighted by molar-refractivity contribution is -0.0604. The van der Waals surface area contributed by atoms with Gasteiger partial charge in [0.15, 0.2) is 0 Å². The first-order valence-electron chi connectivity index (χ1n) is 6.23. The zero-order valence-electron chi connectivity index (χ0n) is 11.0. The summed E-state index contributed by atoms with van der Waals surface area (Å²) in [6, 6.07) is 0.966. The highest BCUT2D eigenvalue weighted by molar-refractivity contribution is 4.81. The minimum Gasteiger partial charge on any atom is -0.383 e. The van der Waals surface area contributed by atoms with Gasteiger partial charge in [0.2, 0.25) is 0 Å². The molecule has 0 aromatic carbocycles. The van der Waals surface area contributed by atoms with Crippen LogP contribution in [0.25, 0.3) is 0 Å². The highest BCUT2D eigenvalue weighted by Gasteiger charge is 2.26. The number of hydrogen-bond donors (Lipinski definition) is 1. The maximum absolute atomic E-state index is 5.69. The summed E-state index contributed by atoms with van der Waals surface area (Å²) in [6.07, 6.45) is 1.50. The van der Waals surface area contributed by atoms with Crippen LogP contribution >= 0.6 is 0 Å². The molecule has 96 valence electrons. The van der Waals surface area contributed by atoms with Crippen LogP contribution in [-0.2, 0) is 9.47 Å². The van der Waals surface area contributed by atoms with E-state index in [0.29, 0.717) is 18.2 Å². The smallest absolute Gasteiger partial charge is 0.0674 e. The molecular formula is C12H26N2O2. The fraction of sp³-hybridized carbons (Fsp3) is 1.00. The Morgan fingerprint density at radius 1 is 1.56 bits per heavy atom. The normalized spacial score (nSPS) is 29.2. The zero-order valence-corrected chi connectivity index (χ0v) is 11.0. The van der Waals surface area contributed by atoms with Crippen LogP contribution in [0.1, 0.15) is 20.3 Å². The van der Waals surface area contributed by atoms with Gasteiger partial charge < -0.3 is 14.8 Å². The third-order valence-corrected chi connectivity index (χ3v) is 3.28. The number of hydrogen-bond acceptors (Lipinski definition) is 4. The van der Waals surface area contributed by atoms with Crippen LogP contribution in [0.5, 0.6) is 0 Å². The molecule has 0 amide bonds. The van der Waals surface area contributed by atoms with Crippen molar-refractivity contribution < 1.29 is 9.47 Å². The molecule has 1 aliphatic rings. The SMILES string of the molecule is CCC1COC(C)CN1CC(COC)NC. The molecule has 1 saturated heterocycles. The van der Waals surface area contributed by atoms with Gasteiger partial charge in [-0.15, -0.1) is 0 Å². The maximum atomic E-state index is 5.69. The van der Waals surface area contributed by atoms with Crippen LogP contribution in [0, 0.1) is 0 Å². The molecule has 4 heteroatoms. The summed E-state index contributed by atoms with van der Waals surface area (Å²) in [7, 11) is 3.75. The van der Waals surface area contributed by atoms with Gasteiger partial charge in [-0.3, -0.25) is 4.90 Å². The minimum atomic E-state index is 0.350. The Hall–Kier alpha value is -0.160. The maximum Gasteiger partial charge on any atom is 0.0674 e. The summed E-state index contributed by atoms with van der Waals surface area (Å²) in [4.78, 5) is 2.52. The number of ether oxygens (including phenoxy) is 2. The highest BCUT2D eigenvalue weighted by atomic mass is 16.5. The summed E-state index contributed by atoms with van der Waals surface area (Å²) in [5.74, 6) is 0. The van der Waals surface area contributed by atoms with Crippen molar-refractivity contribution in [1.82, 2.24) is 10.2 Å². The van der Waals surface area contributed by atoms with Crippen molar-refractivity contribution in [2.24, 2.45) is 0 Å². The molecule has 0 saturated carbocycles. The summed E-state index contributed by atoms with van der Waals surface area (Å²) in [5, 5.41) is 3.30. The number of rotatable bonds is 6. The lowest BCUT2D eigenvalue weighted by Crippen LogP contribution is -2.53. The molecule has 1 aliphatic heterocycles. The molecule has 1 rings (SSSR count). The van der Waals surface area contributed by atoms with Gasteiger partial charge in [-0.05, 0) is 20.4 Å². The van der Waals surface area contributed by atoms with Gasteiger partial charge in [0.1, 0.15) is 0 Å². The molecule has 0 aliphatic carbocycles. The first-order valence-corrected chi connectivity index (χ1v) is 6.23. The molecular weight excluding hydrogens is 204 g/mol. The molecule has 0 aromatic heterocycles. The molecule has 3 unspecified atom stereocenters. The summed E-state index contributed by atoms with van der Waals surface area (Å²) < 4.78 is 10.9. The number of morpholine rings is 1. The van der Waals surface area contributed by atoms with Gasteiger partial charge in [-0.1, -0.05) is 6.92 Å². The fourth-order valence-corrected chi connectivity index (χ4v) is 2.22. The van der Waals surface area contributed by atoms with E-state index in [9.17, 15) is 0 Å². The van der Waals surface area contributed by atoms with E-state index in [1.807, 2.05) is 7.05 Å². The Morgan fingerprint density at radius 3 is 2.88 bits per heavy atom. The Bertz CT molecular complexity index is 190. The third-order valence-electron chi connectivity index (χ3n) is 3.28. The van der Waals surface area contributed by atoms with Crippen molar-refractivity contribution in [3.8, 4) is 0 Å². The average Bonchev–Trinajstić information content (AvgIpc) is 2.29. The van der Waals surface area contributed by atoms with Gasteiger partial charge in [0.05, 0.1) is 19.3 Å². The van der Waals surface area contributed by atoms with Gasteiger partial charge in [-0.2, -0.15) is 0 Å². The lowest BCUT2D eigenvalue weighted by Gasteiger charge is -2.39. The Labute approximate surface area is 99.3 Å². The molecule has 1 fully saturated rings. The second-order valence-electron chi connectivity index (χ2n) is 4.60. The predicted octanol–water partition coefficient (Wildman–Crippen LogP) is 0.720. The van der Waals surface area contributed by atoms with E-state index in [-0.39, 0.29) is 0 Å². The Kier molecular flexibility index (Phi) is 6.28. The van der Waals surface area contributed by atoms with Crippen LogP contribution in [0.3, 0.4) is 0 Å². The molecule has 0 bridgehead atoms. The first-order chi connectivity index (χ1) is 7.71. The van der Waals surface area contributed by atoms with Crippen molar-refractivity contribution in [2.45, 2.75) is 38.5 Å². The average molecular weight is 230 g/mol. The van der Waals surface area contributed by atoms with Crippen molar-refractivity contribution in [1.29, 1.82) is 0 Å². The Morgan fingerprint density at radius 2 is 2.31 bits per heavy atom. The van der Waals surface area contributed by atoms with E-state index in [2.05, 4.69) is 24.1 Å². The van der Waals surface area contributed by atoms with E-state index in [1.165, 1.54) is 0 Å².